The summed E-state index contributed by atoms with van der Waals surface area (Å²) in [5.74, 6) is -0.618. The first-order chi connectivity index (χ1) is 14.0. The monoisotopic (exact) mass is 409 g/mol. The number of aryl methyl sites for hydroxylation is 1. The SMILES string of the molecule is CC[C@@H](C)c1ccccc1NC(=O)COC(=O)c1sc(-c2ccccn2)nc1C. The van der Waals surface area contributed by atoms with Crippen LogP contribution >= 0.6 is 11.3 Å². The Hall–Kier alpha value is -3.06. The molecule has 0 aliphatic carbocycles. The Labute approximate surface area is 174 Å². The fourth-order valence-corrected chi connectivity index (χ4v) is 3.76. The van der Waals surface area contributed by atoms with Gasteiger partial charge in [0.1, 0.15) is 9.88 Å². The van der Waals surface area contributed by atoms with Crippen LogP contribution in [-0.4, -0.2) is 28.5 Å². The molecular formula is C22H23N3O3S. The second kappa shape index (κ2) is 9.43. The van der Waals surface area contributed by atoms with Crippen LogP contribution in [-0.2, 0) is 9.53 Å². The molecule has 29 heavy (non-hydrogen) atoms. The Morgan fingerprint density at radius 1 is 1.17 bits per heavy atom. The lowest BCUT2D eigenvalue weighted by Crippen LogP contribution is -2.21. The number of hydrogen-bond donors (Lipinski definition) is 1. The number of rotatable bonds is 7. The molecule has 7 heteroatoms. The first-order valence-corrected chi connectivity index (χ1v) is 10.3. The van der Waals surface area contributed by atoms with E-state index in [9.17, 15) is 9.59 Å². The van der Waals surface area contributed by atoms with Gasteiger partial charge in [0.2, 0.25) is 0 Å². The lowest BCUT2D eigenvalue weighted by molar-refractivity contribution is -0.119. The zero-order valence-electron chi connectivity index (χ0n) is 16.6. The van der Waals surface area contributed by atoms with Crippen molar-refractivity contribution < 1.29 is 14.3 Å². The fraction of sp³-hybridized carbons (Fsp3) is 0.273. The number of anilines is 1. The van der Waals surface area contributed by atoms with Crippen LogP contribution in [0.15, 0.2) is 48.7 Å². The van der Waals surface area contributed by atoms with Crippen LogP contribution in [0.1, 0.15) is 47.1 Å². The maximum Gasteiger partial charge on any atom is 0.350 e. The molecule has 0 saturated carbocycles. The molecule has 3 aromatic rings. The minimum atomic E-state index is -0.562. The molecule has 1 aromatic carbocycles. The Kier molecular flexibility index (Phi) is 6.72. The molecule has 1 amide bonds. The number of esters is 1. The maximum absolute atomic E-state index is 12.4. The first-order valence-electron chi connectivity index (χ1n) is 9.44. The van der Waals surface area contributed by atoms with Crippen LogP contribution in [0.25, 0.3) is 10.7 Å². The van der Waals surface area contributed by atoms with Crippen LogP contribution in [0.4, 0.5) is 5.69 Å². The second-order valence-electron chi connectivity index (χ2n) is 6.67. The van der Waals surface area contributed by atoms with E-state index in [1.165, 1.54) is 11.3 Å². The number of amides is 1. The summed E-state index contributed by atoms with van der Waals surface area (Å²) in [6.07, 6.45) is 2.64. The highest BCUT2D eigenvalue weighted by atomic mass is 32.1. The minimum absolute atomic E-state index is 0.318. The number of para-hydroxylation sites is 1. The molecule has 0 aliphatic heterocycles. The molecule has 0 fully saturated rings. The van der Waals surface area contributed by atoms with E-state index in [0.717, 1.165) is 17.7 Å². The molecule has 0 bridgehead atoms. The largest absolute Gasteiger partial charge is 0.451 e. The number of ether oxygens (including phenoxy) is 1. The predicted octanol–water partition coefficient (Wildman–Crippen LogP) is 4.82. The molecule has 1 N–H and O–H groups in total. The van der Waals surface area contributed by atoms with Gasteiger partial charge in [0, 0.05) is 11.9 Å². The molecule has 0 aliphatic rings. The smallest absolute Gasteiger partial charge is 0.350 e. The fourth-order valence-electron chi connectivity index (χ4n) is 2.83. The quantitative estimate of drug-likeness (QED) is 0.566. The third-order valence-corrected chi connectivity index (χ3v) is 5.74. The summed E-state index contributed by atoms with van der Waals surface area (Å²) in [6.45, 7) is 5.59. The van der Waals surface area contributed by atoms with Crippen LogP contribution in [0, 0.1) is 6.92 Å². The van der Waals surface area contributed by atoms with Crippen molar-refractivity contribution in [2.45, 2.75) is 33.1 Å². The van der Waals surface area contributed by atoms with E-state index in [1.807, 2.05) is 42.5 Å². The van der Waals surface area contributed by atoms with Crippen molar-refractivity contribution in [3.63, 3.8) is 0 Å². The molecule has 0 spiro atoms. The zero-order chi connectivity index (χ0) is 20.8. The van der Waals surface area contributed by atoms with Crippen molar-refractivity contribution >= 4 is 28.9 Å². The van der Waals surface area contributed by atoms with Gasteiger partial charge < -0.3 is 10.1 Å². The van der Waals surface area contributed by atoms with Gasteiger partial charge in [-0.05, 0) is 43.0 Å². The summed E-state index contributed by atoms with van der Waals surface area (Å²) in [6, 6.07) is 13.2. The average Bonchev–Trinajstić information content (AvgIpc) is 3.14. The number of nitrogens with one attached hydrogen (secondary N) is 1. The van der Waals surface area contributed by atoms with Gasteiger partial charge in [0.05, 0.1) is 11.4 Å². The Bertz CT molecular complexity index is 1000. The molecular weight excluding hydrogens is 386 g/mol. The van der Waals surface area contributed by atoms with E-state index < -0.39 is 5.97 Å². The van der Waals surface area contributed by atoms with E-state index in [0.29, 0.717) is 27.2 Å². The third kappa shape index (κ3) is 5.06. The van der Waals surface area contributed by atoms with Gasteiger partial charge in [0.25, 0.3) is 5.91 Å². The van der Waals surface area contributed by atoms with Crippen molar-refractivity contribution in [1.29, 1.82) is 0 Å². The minimum Gasteiger partial charge on any atom is -0.451 e. The van der Waals surface area contributed by atoms with Crippen LogP contribution in [0.3, 0.4) is 0 Å². The van der Waals surface area contributed by atoms with Gasteiger partial charge in [0.15, 0.2) is 6.61 Å². The van der Waals surface area contributed by atoms with E-state index >= 15 is 0 Å². The third-order valence-electron chi connectivity index (χ3n) is 4.58. The number of carbonyl (C=O) groups is 2. The number of pyridine rings is 1. The Balaban J connectivity index is 1.63. The maximum atomic E-state index is 12.4. The molecule has 0 saturated heterocycles. The average molecular weight is 410 g/mol. The van der Waals surface area contributed by atoms with Gasteiger partial charge in [-0.15, -0.1) is 11.3 Å². The normalized spacial score (nSPS) is 11.7. The summed E-state index contributed by atoms with van der Waals surface area (Å²) in [4.78, 5) is 33.8. The number of nitrogens with zero attached hydrogens (tertiary/aromatic N) is 2. The zero-order valence-corrected chi connectivity index (χ0v) is 17.5. The Morgan fingerprint density at radius 3 is 2.66 bits per heavy atom. The molecule has 1 atom stereocenters. The van der Waals surface area contributed by atoms with Gasteiger partial charge >= 0.3 is 5.97 Å². The molecule has 0 unspecified atom stereocenters. The molecule has 3 rings (SSSR count). The summed E-state index contributed by atoms with van der Waals surface area (Å²) < 4.78 is 5.22. The lowest BCUT2D eigenvalue weighted by Gasteiger charge is -2.15. The van der Waals surface area contributed by atoms with Crippen molar-refractivity contribution in [1.82, 2.24) is 9.97 Å². The highest BCUT2D eigenvalue weighted by Crippen LogP contribution is 2.28. The van der Waals surface area contributed by atoms with Crippen molar-refractivity contribution in [3.05, 3.63) is 64.8 Å². The molecule has 2 aromatic heterocycles. The number of hydrogen-bond acceptors (Lipinski definition) is 6. The van der Waals surface area contributed by atoms with Crippen LogP contribution in [0.2, 0.25) is 0 Å². The summed E-state index contributed by atoms with van der Waals surface area (Å²) in [5.41, 5.74) is 3.06. The standard InChI is InChI=1S/C22H23N3O3S/c1-4-14(2)16-9-5-6-10-17(16)25-19(26)13-28-22(27)20-15(3)24-21(29-20)18-11-7-8-12-23-18/h5-12,14H,4,13H2,1-3H3,(H,25,26)/t14-/m1/s1. The van der Waals surface area contributed by atoms with E-state index in [-0.39, 0.29) is 12.5 Å². The number of aromatic nitrogens is 2. The number of thiazole rings is 1. The first kappa shape index (κ1) is 20.7. The molecule has 150 valence electrons. The van der Waals surface area contributed by atoms with Crippen LogP contribution < -0.4 is 5.32 Å². The lowest BCUT2D eigenvalue weighted by atomic mass is 9.97. The topological polar surface area (TPSA) is 81.2 Å². The van der Waals surface area contributed by atoms with Gasteiger partial charge in [-0.2, -0.15) is 0 Å². The molecule has 0 radical (unpaired) electrons. The van der Waals surface area contributed by atoms with Crippen molar-refractivity contribution in [2.24, 2.45) is 0 Å². The number of benzene rings is 1. The molecule has 6 nitrogen and oxygen atoms in total. The van der Waals surface area contributed by atoms with E-state index in [1.54, 1.807) is 13.1 Å². The van der Waals surface area contributed by atoms with Gasteiger partial charge in [-0.3, -0.25) is 9.78 Å². The summed E-state index contributed by atoms with van der Waals surface area (Å²) >= 11 is 1.21. The summed E-state index contributed by atoms with van der Waals surface area (Å²) in [7, 11) is 0. The number of carbonyl (C=O) groups excluding carboxylic acids is 2. The van der Waals surface area contributed by atoms with Crippen molar-refractivity contribution in [2.75, 3.05) is 11.9 Å². The summed E-state index contributed by atoms with van der Waals surface area (Å²) in [5, 5.41) is 3.48. The molecule has 2 heterocycles. The van der Waals surface area contributed by atoms with Crippen molar-refractivity contribution in [3.8, 4) is 10.7 Å². The van der Waals surface area contributed by atoms with Crippen LogP contribution in [0.5, 0.6) is 0 Å². The predicted molar refractivity (Wildman–Crippen MR) is 114 cm³/mol. The highest BCUT2D eigenvalue weighted by molar-refractivity contribution is 7.17. The Morgan fingerprint density at radius 2 is 1.93 bits per heavy atom. The highest BCUT2D eigenvalue weighted by Gasteiger charge is 2.19. The van der Waals surface area contributed by atoms with Gasteiger partial charge in [-0.1, -0.05) is 38.1 Å². The van der Waals surface area contributed by atoms with Gasteiger partial charge in [-0.25, -0.2) is 9.78 Å². The van der Waals surface area contributed by atoms with E-state index in [2.05, 4.69) is 29.1 Å². The second-order valence-corrected chi connectivity index (χ2v) is 7.67. The van der Waals surface area contributed by atoms with E-state index in [4.69, 9.17) is 4.74 Å².